The molecular weight excluding hydrogens is 449 g/mol. The second-order valence-corrected chi connectivity index (χ2v) is 7.78. The van der Waals surface area contributed by atoms with Crippen molar-refractivity contribution < 1.29 is 21.6 Å². The lowest BCUT2D eigenvalue weighted by Crippen LogP contribution is -2.21. The first-order valence-electron chi connectivity index (χ1n) is 9.11. The Kier molecular flexibility index (Phi) is 8.28. The van der Waals surface area contributed by atoms with Crippen LogP contribution in [0.4, 0.5) is 47.8 Å². The van der Waals surface area contributed by atoms with Crippen LogP contribution in [-0.2, 0) is 21.2 Å². The molecule has 1 aromatic heterocycles. The van der Waals surface area contributed by atoms with Gasteiger partial charge in [0, 0.05) is 18.8 Å². The maximum absolute atomic E-state index is 13.3. The SMILES string of the molecule is [C-]#[N+]c1nc(N=Nc2ccc(N(CC)CC)cc2N=S(=O)(CF)OC(F)F)n(C)c1[N+]#[C-]. The van der Waals surface area contributed by atoms with Crippen LogP contribution in [0.5, 0.6) is 0 Å². The summed E-state index contributed by atoms with van der Waals surface area (Å²) in [5, 5.41) is 7.83. The number of imidazole rings is 1. The summed E-state index contributed by atoms with van der Waals surface area (Å²) in [5.74, 6) is -0.277. The van der Waals surface area contributed by atoms with Gasteiger partial charge in [0.1, 0.15) is 11.4 Å². The minimum atomic E-state index is -4.37. The minimum Gasteiger partial charge on any atom is -0.373 e. The monoisotopic (exact) mass is 468 g/mol. The van der Waals surface area contributed by atoms with E-state index < -0.39 is 22.6 Å². The van der Waals surface area contributed by atoms with Crippen LogP contribution in [0.25, 0.3) is 9.69 Å². The van der Waals surface area contributed by atoms with E-state index >= 15 is 0 Å². The third kappa shape index (κ3) is 5.60. The van der Waals surface area contributed by atoms with E-state index in [1.807, 2.05) is 18.7 Å². The maximum atomic E-state index is 13.3. The van der Waals surface area contributed by atoms with Crippen molar-refractivity contribution in [1.82, 2.24) is 9.55 Å². The van der Waals surface area contributed by atoms with E-state index in [0.29, 0.717) is 18.8 Å². The molecule has 32 heavy (non-hydrogen) atoms. The Balaban J connectivity index is 2.64. The number of benzene rings is 1. The predicted octanol–water partition coefficient (Wildman–Crippen LogP) is 5.96. The molecule has 0 aliphatic carbocycles. The standard InChI is InChI=1S/C18H19F3N8O2S/c1-6-29(7-2)12-8-9-13(14(10-12)27-32(30,11-19)31-17(20)21)25-26-18-24-15(22-3)16(23-4)28(18)5/h8-10,17H,6-7,11H2,1-2,5H3. The zero-order valence-electron chi connectivity index (χ0n) is 17.4. The highest BCUT2D eigenvalue weighted by atomic mass is 32.2. The van der Waals surface area contributed by atoms with Gasteiger partial charge in [0.2, 0.25) is 10.0 Å². The Bertz CT molecular complexity index is 1200. The number of azo groups is 1. The van der Waals surface area contributed by atoms with Crippen LogP contribution < -0.4 is 4.90 Å². The molecule has 14 heteroatoms. The minimum absolute atomic E-state index is 0.0309. The highest BCUT2D eigenvalue weighted by Gasteiger charge is 2.21. The first kappa shape index (κ1) is 24.8. The molecule has 1 atom stereocenters. The van der Waals surface area contributed by atoms with Gasteiger partial charge >= 0.3 is 12.6 Å². The van der Waals surface area contributed by atoms with Gasteiger partial charge in [-0.1, -0.05) is 23.2 Å². The zero-order chi connectivity index (χ0) is 23.9. The fourth-order valence-electron chi connectivity index (χ4n) is 2.64. The van der Waals surface area contributed by atoms with Gasteiger partial charge in [0.15, 0.2) is 6.01 Å². The number of alkyl halides is 3. The number of nitrogens with zero attached hydrogens (tertiary/aromatic N) is 8. The zero-order valence-corrected chi connectivity index (χ0v) is 18.2. The topological polar surface area (TPSA) is 93.2 Å². The molecule has 1 unspecified atom stereocenters. The van der Waals surface area contributed by atoms with E-state index in [1.54, 1.807) is 6.07 Å². The fraction of sp³-hybridized carbons (Fsp3) is 0.389. The number of hydrogen-bond acceptors (Lipinski definition) is 7. The Morgan fingerprint density at radius 1 is 1.22 bits per heavy atom. The molecule has 0 aliphatic rings. The third-order valence-corrected chi connectivity index (χ3v) is 5.37. The van der Waals surface area contributed by atoms with Crippen molar-refractivity contribution >= 4 is 44.7 Å². The first-order chi connectivity index (χ1) is 15.2. The lowest BCUT2D eigenvalue weighted by atomic mass is 10.2. The number of halogens is 3. The smallest absolute Gasteiger partial charge is 0.373 e. The summed E-state index contributed by atoms with van der Waals surface area (Å²) < 4.78 is 59.6. The molecule has 10 nitrogen and oxygen atoms in total. The molecule has 0 bridgehead atoms. The number of aromatic nitrogens is 2. The maximum Gasteiger partial charge on any atom is 0.416 e. The van der Waals surface area contributed by atoms with Crippen LogP contribution in [0.3, 0.4) is 0 Å². The molecule has 1 aromatic carbocycles. The summed E-state index contributed by atoms with van der Waals surface area (Å²) in [6, 6.07) is 2.73. The Labute approximate surface area is 183 Å². The van der Waals surface area contributed by atoms with E-state index in [0.717, 1.165) is 0 Å². The van der Waals surface area contributed by atoms with Crippen molar-refractivity contribution in [1.29, 1.82) is 0 Å². The molecule has 170 valence electrons. The average molecular weight is 468 g/mol. The molecule has 0 spiro atoms. The van der Waals surface area contributed by atoms with Crippen LogP contribution in [0.2, 0.25) is 0 Å². The van der Waals surface area contributed by atoms with Gasteiger partial charge in [-0.25, -0.2) is 17.3 Å². The van der Waals surface area contributed by atoms with Crippen LogP contribution in [0.15, 0.2) is 32.8 Å². The van der Waals surface area contributed by atoms with Crippen LogP contribution in [0.1, 0.15) is 13.8 Å². The molecular formula is C18H19F3N8O2S. The van der Waals surface area contributed by atoms with Crippen LogP contribution in [-0.4, -0.2) is 39.5 Å². The molecule has 0 N–H and O–H groups in total. The number of anilines is 1. The summed E-state index contributed by atoms with van der Waals surface area (Å²) >= 11 is 0. The van der Waals surface area contributed by atoms with E-state index in [2.05, 4.69) is 33.4 Å². The van der Waals surface area contributed by atoms with E-state index in [-0.39, 0.29) is 29.0 Å². The number of hydrogen-bond donors (Lipinski definition) is 0. The fourth-order valence-corrected chi connectivity index (χ4v) is 3.46. The van der Waals surface area contributed by atoms with E-state index in [4.69, 9.17) is 13.1 Å². The molecule has 0 fully saturated rings. The van der Waals surface area contributed by atoms with Gasteiger partial charge in [-0.05, 0) is 32.0 Å². The van der Waals surface area contributed by atoms with Crippen molar-refractivity contribution in [3.05, 3.63) is 41.0 Å². The summed E-state index contributed by atoms with van der Waals surface area (Å²) in [5.41, 5.74) is 0.385. The highest BCUT2D eigenvalue weighted by molar-refractivity contribution is 7.89. The molecule has 2 aromatic rings. The molecule has 0 aliphatic heterocycles. The first-order valence-corrected chi connectivity index (χ1v) is 10.7. The number of rotatable bonds is 9. The van der Waals surface area contributed by atoms with Gasteiger partial charge in [0.05, 0.1) is 7.05 Å². The molecule has 0 amide bonds. The molecule has 2 rings (SSSR count). The molecule has 1 heterocycles. The van der Waals surface area contributed by atoms with Crippen LogP contribution in [0, 0.1) is 13.1 Å². The third-order valence-electron chi connectivity index (χ3n) is 4.17. The predicted molar refractivity (Wildman–Crippen MR) is 113 cm³/mol. The summed E-state index contributed by atoms with van der Waals surface area (Å²) in [6.45, 7) is 15.7. The Morgan fingerprint density at radius 2 is 1.91 bits per heavy atom. The van der Waals surface area contributed by atoms with Gasteiger partial charge in [0.25, 0.3) is 11.6 Å². The summed E-state index contributed by atoms with van der Waals surface area (Å²) in [7, 11) is -2.91. The largest absolute Gasteiger partial charge is 0.416 e. The van der Waals surface area contributed by atoms with Crippen molar-refractivity contribution in [2.24, 2.45) is 21.6 Å². The van der Waals surface area contributed by atoms with Crippen molar-refractivity contribution in [3.63, 3.8) is 0 Å². The second-order valence-electron chi connectivity index (χ2n) is 6.03. The molecule has 0 radical (unpaired) electrons. The van der Waals surface area contributed by atoms with Crippen LogP contribution >= 0.6 is 0 Å². The van der Waals surface area contributed by atoms with Gasteiger partial charge in [-0.2, -0.15) is 13.1 Å². The van der Waals surface area contributed by atoms with E-state index in [1.165, 1.54) is 23.7 Å². The summed E-state index contributed by atoms with van der Waals surface area (Å²) in [4.78, 5) is 12.2. The second kappa shape index (κ2) is 10.7. The summed E-state index contributed by atoms with van der Waals surface area (Å²) in [6.07, 6.45) is 0. The lowest BCUT2D eigenvalue weighted by molar-refractivity contribution is -0.0421. The van der Waals surface area contributed by atoms with Gasteiger partial charge in [-0.15, -0.1) is 5.11 Å². The lowest BCUT2D eigenvalue weighted by Gasteiger charge is -2.21. The van der Waals surface area contributed by atoms with Crippen molar-refractivity contribution in [2.45, 2.75) is 20.5 Å². The van der Waals surface area contributed by atoms with Gasteiger partial charge in [-0.3, -0.25) is 0 Å². The van der Waals surface area contributed by atoms with Crippen molar-refractivity contribution in [3.8, 4) is 0 Å². The Morgan fingerprint density at radius 3 is 2.41 bits per heavy atom. The van der Waals surface area contributed by atoms with E-state index in [9.17, 15) is 17.4 Å². The van der Waals surface area contributed by atoms with Crippen molar-refractivity contribution in [2.75, 3.05) is 24.0 Å². The average Bonchev–Trinajstić information content (AvgIpc) is 3.08. The highest BCUT2D eigenvalue weighted by Crippen LogP contribution is 2.37. The normalized spacial score (nSPS) is 13.0. The quantitative estimate of drug-likeness (QED) is 0.335. The molecule has 0 saturated heterocycles. The Hall–Kier alpha value is -3.49. The molecule has 0 saturated carbocycles. The van der Waals surface area contributed by atoms with Gasteiger partial charge < -0.3 is 14.6 Å².